The number of hydrogen-bond donors (Lipinski definition) is 0. The second kappa shape index (κ2) is 5.62. The van der Waals surface area contributed by atoms with Gasteiger partial charge in [-0.25, -0.2) is 4.39 Å². The molecular formula is C13H17FN2. The molecule has 0 fully saturated rings. The summed E-state index contributed by atoms with van der Waals surface area (Å²) in [7, 11) is 1.94. The molecule has 2 nitrogen and oxygen atoms in total. The third-order valence-electron chi connectivity index (χ3n) is 2.56. The minimum absolute atomic E-state index is 0.00105. The zero-order valence-electron chi connectivity index (χ0n) is 10.00. The summed E-state index contributed by atoms with van der Waals surface area (Å²) in [6.45, 7) is 5.23. The van der Waals surface area contributed by atoms with Gasteiger partial charge in [0.1, 0.15) is 5.82 Å². The van der Waals surface area contributed by atoms with Crippen molar-refractivity contribution in [3.63, 3.8) is 0 Å². The smallest absolute Gasteiger partial charge is 0.123 e. The fraction of sp³-hybridized carbons (Fsp3) is 0.462. The molecule has 3 heteroatoms. The Hall–Kier alpha value is -1.40. The van der Waals surface area contributed by atoms with Crippen LogP contribution in [0.25, 0.3) is 0 Å². The number of hydrogen-bond acceptors (Lipinski definition) is 2. The summed E-state index contributed by atoms with van der Waals surface area (Å²) >= 11 is 0. The molecule has 0 saturated carbocycles. The Bertz CT molecular complexity index is 395. The lowest BCUT2D eigenvalue weighted by Gasteiger charge is -2.19. The van der Waals surface area contributed by atoms with Gasteiger partial charge >= 0.3 is 0 Å². The minimum atomic E-state index is -0.206. The summed E-state index contributed by atoms with van der Waals surface area (Å²) in [5.41, 5.74) is 2.06. The van der Waals surface area contributed by atoms with Gasteiger partial charge in [-0.05, 0) is 44.2 Å². The maximum atomic E-state index is 13.1. The predicted octanol–water partition coefficient (Wildman–Crippen LogP) is 2.73. The van der Waals surface area contributed by atoms with E-state index in [4.69, 9.17) is 5.26 Å². The van der Waals surface area contributed by atoms with Crippen LogP contribution in [0.1, 0.15) is 18.1 Å². The molecule has 0 heterocycles. The van der Waals surface area contributed by atoms with E-state index in [0.29, 0.717) is 13.1 Å². The first-order valence-electron chi connectivity index (χ1n) is 5.36. The van der Waals surface area contributed by atoms with Crippen LogP contribution in [0.2, 0.25) is 0 Å². The Morgan fingerprint density at radius 1 is 1.50 bits per heavy atom. The van der Waals surface area contributed by atoms with Crippen molar-refractivity contribution in [2.24, 2.45) is 5.92 Å². The highest BCUT2D eigenvalue weighted by molar-refractivity contribution is 5.26. The topological polar surface area (TPSA) is 27.0 Å². The molecule has 0 spiro atoms. The van der Waals surface area contributed by atoms with E-state index in [1.807, 2.05) is 25.8 Å². The lowest BCUT2D eigenvalue weighted by molar-refractivity contribution is 0.302. The molecule has 86 valence electrons. The van der Waals surface area contributed by atoms with Gasteiger partial charge in [-0.15, -0.1) is 0 Å². The van der Waals surface area contributed by atoms with Gasteiger partial charge in [0, 0.05) is 13.1 Å². The van der Waals surface area contributed by atoms with Crippen LogP contribution in [0.3, 0.4) is 0 Å². The average molecular weight is 220 g/mol. The van der Waals surface area contributed by atoms with E-state index in [1.165, 1.54) is 6.07 Å². The largest absolute Gasteiger partial charge is 0.301 e. The molecule has 0 saturated heterocycles. The molecular weight excluding hydrogens is 203 g/mol. The number of nitriles is 1. The van der Waals surface area contributed by atoms with Crippen LogP contribution in [0, 0.1) is 30.0 Å². The lowest BCUT2D eigenvalue weighted by atomic mass is 10.1. The van der Waals surface area contributed by atoms with Crippen LogP contribution in [-0.4, -0.2) is 18.5 Å². The Labute approximate surface area is 96.3 Å². The second-order valence-corrected chi connectivity index (χ2v) is 4.30. The van der Waals surface area contributed by atoms with Crippen molar-refractivity contribution in [1.29, 1.82) is 5.26 Å². The van der Waals surface area contributed by atoms with Crippen LogP contribution in [0.5, 0.6) is 0 Å². The van der Waals surface area contributed by atoms with Crippen LogP contribution in [0.4, 0.5) is 4.39 Å². The van der Waals surface area contributed by atoms with Crippen molar-refractivity contribution >= 4 is 0 Å². The first-order valence-corrected chi connectivity index (χ1v) is 5.36. The minimum Gasteiger partial charge on any atom is -0.301 e. The first kappa shape index (κ1) is 12.7. The molecule has 0 bridgehead atoms. The van der Waals surface area contributed by atoms with Gasteiger partial charge in [0.2, 0.25) is 0 Å². The van der Waals surface area contributed by atoms with Crippen LogP contribution in [-0.2, 0) is 6.54 Å². The zero-order chi connectivity index (χ0) is 12.1. The van der Waals surface area contributed by atoms with Gasteiger partial charge in [-0.3, -0.25) is 0 Å². The predicted molar refractivity (Wildman–Crippen MR) is 62.2 cm³/mol. The van der Waals surface area contributed by atoms with E-state index >= 15 is 0 Å². The van der Waals surface area contributed by atoms with Gasteiger partial charge in [-0.1, -0.05) is 6.07 Å². The summed E-state index contributed by atoms with van der Waals surface area (Å²) < 4.78 is 13.1. The van der Waals surface area contributed by atoms with Crippen molar-refractivity contribution in [3.05, 3.63) is 35.1 Å². The Kier molecular flexibility index (Phi) is 4.45. The van der Waals surface area contributed by atoms with Gasteiger partial charge in [0.05, 0.1) is 12.0 Å². The van der Waals surface area contributed by atoms with Crippen molar-refractivity contribution in [2.75, 3.05) is 13.6 Å². The number of aryl methyl sites for hydroxylation is 1. The third-order valence-corrected chi connectivity index (χ3v) is 2.56. The van der Waals surface area contributed by atoms with Gasteiger partial charge in [-0.2, -0.15) is 5.26 Å². The zero-order valence-corrected chi connectivity index (χ0v) is 10.00. The van der Waals surface area contributed by atoms with E-state index in [-0.39, 0.29) is 11.7 Å². The Balaban J connectivity index is 2.66. The molecule has 0 aliphatic rings. The molecule has 0 N–H and O–H groups in total. The summed E-state index contributed by atoms with van der Waals surface area (Å²) in [5, 5.41) is 8.71. The summed E-state index contributed by atoms with van der Waals surface area (Å²) in [5.74, 6) is -0.207. The van der Waals surface area contributed by atoms with Gasteiger partial charge in [0.15, 0.2) is 0 Å². The highest BCUT2D eigenvalue weighted by Gasteiger charge is 2.08. The van der Waals surface area contributed by atoms with Crippen LogP contribution in [0.15, 0.2) is 18.2 Å². The maximum Gasteiger partial charge on any atom is 0.123 e. The normalized spacial score (nSPS) is 12.5. The molecule has 0 radical (unpaired) electrons. The number of rotatable bonds is 4. The van der Waals surface area contributed by atoms with Crippen molar-refractivity contribution in [1.82, 2.24) is 4.90 Å². The SMILES string of the molecule is Cc1ccc(F)cc1CN(C)CC(C)C#N. The molecule has 16 heavy (non-hydrogen) atoms. The van der Waals surface area contributed by atoms with Crippen LogP contribution < -0.4 is 0 Å². The fourth-order valence-corrected chi connectivity index (χ4v) is 1.67. The number of halogens is 1. The first-order chi connectivity index (χ1) is 7.52. The molecule has 1 unspecified atom stereocenters. The summed E-state index contributed by atoms with van der Waals surface area (Å²) in [4.78, 5) is 2.04. The third kappa shape index (κ3) is 3.63. The monoisotopic (exact) mass is 220 g/mol. The molecule has 0 aliphatic heterocycles. The van der Waals surface area contributed by atoms with E-state index in [2.05, 4.69) is 6.07 Å². The lowest BCUT2D eigenvalue weighted by Crippen LogP contribution is -2.23. The Morgan fingerprint density at radius 2 is 2.19 bits per heavy atom. The highest BCUT2D eigenvalue weighted by atomic mass is 19.1. The Morgan fingerprint density at radius 3 is 2.81 bits per heavy atom. The van der Waals surface area contributed by atoms with E-state index < -0.39 is 0 Å². The molecule has 0 aromatic heterocycles. The fourth-order valence-electron chi connectivity index (χ4n) is 1.67. The summed E-state index contributed by atoms with van der Waals surface area (Å²) in [6, 6.07) is 7.00. The number of benzene rings is 1. The molecule has 0 aliphatic carbocycles. The molecule has 1 rings (SSSR count). The van der Waals surface area contributed by atoms with E-state index in [1.54, 1.807) is 12.1 Å². The maximum absolute atomic E-state index is 13.1. The van der Waals surface area contributed by atoms with Crippen molar-refractivity contribution in [2.45, 2.75) is 20.4 Å². The highest BCUT2D eigenvalue weighted by Crippen LogP contribution is 2.12. The summed E-state index contributed by atoms with van der Waals surface area (Å²) in [6.07, 6.45) is 0. The molecule has 1 aromatic rings. The second-order valence-electron chi connectivity index (χ2n) is 4.30. The van der Waals surface area contributed by atoms with Crippen molar-refractivity contribution < 1.29 is 4.39 Å². The van der Waals surface area contributed by atoms with Crippen molar-refractivity contribution in [3.8, 4) is 6.07 Å². The standard InChI is InChI=1S/C13H17FN2/c1-10(7-15)8-16(3)9-12-6-13(14)5-4-11(12)2/h4-6,10H,8-9H2,1-3H3. The molecule has 1 atom stereocenters. The van der Waals surface area contributed by atoms with Gasteiger partial charge < -0.3 is 4.90 Å². The molecule has 0 amide bonds. The van der Waals surface area contributed by atoms with Gasteiger partial charge in [0.25, 0.3) is 0 Å². The quantitative estimate of drug-likeness (QED) is 0.780. The van der Waals surface area contributed by atoms with E-state index in [0.717, 1.165) is 11.1 Å². The van der Waals surface area contributed by atoms with Crippen LogP contribution >= 0.6 is 0 Å². The molecule has 1 aromatic carbocycles. The average Bonchev–Trinajstić information content (AvgIpc) is 2.23. The number of nitrogens with zero attached hydrogens (tertiary/aromatic N) is 2. The van der Waals surface area contributed by atoms with E-state index in [9.17, 15) is 4.39 Å².